The molecule has 1 aromatic carbocycles. The highest BCUT2D eigenvalue weighted by molar-refractivity contribution is 5.74. The van der Waals surface area contributed by atoms with Gasteiger partial charge in [0.25, 0.3) is 0 Å². The van der Waals surface area contributed by atoms with Gasteiger partial charge in [-0.3, -0.25) is 0 Å². The summed E-state index contributed by atoms with van der Waals surface area (Å²) in [6.45, 7) is 2.56. The van der Waals surface area contributed by atoms with Gasteiger partial charge >= 0.3 is 0 Å². The molecule has 3 rings (SSSR count). The fraction of sp³-hybridized carbons (Fsp3) is 0.500. The van der Waals surface area contributed by atoms with Gasteiger partial charge in [-0.1, -0.05) is 6.07 Å². The predicted molar refractivity (Wildman–Crippen MR) is 95.2 cm³/mol. The van der Waals surface area contributed by atoms with Gasteiger partial charge in [-0.2, -0.15) is 5.10 Å². The fourth-order valence-corrected chi connectivity index (χ4v) is 3.27. The van der Waals surface area contributed by atoms with Crippen molar-refractivity contribution in [2.45, 2.75) is 12.8 Å². The smallest absolute Gasteiger partial charge is 0.245 e. The zero-order valence-electron chi connectivity index (χ0n) is 14.9. The molecule has 1 atom stereocenters. The lowest BCUT2D eigenvalue weighted by Crippen LogP contribution is -2.38. The first kappa shape index (κ1) is 17.4. The molecule has 1 aromatic heterocycles. The Morgan fingerprint density at radius 2 is 1.92 bits per heavy atom. The van der Waals surface area contributed by atoms with Gasteiger partial charge in [0, 0.05) is 20.2 Å². The molecule has 1 fully saturated rings. The summed E-state index contributed by atoms with van der Waals surface area (Å²) in [6, 6.07) is 5.65. The van der Waals surface area contributed by atoms with Crippen LogP contribution in [0.4, 0.5) is 5.95 Å². The van der Waals surface area contributed by atoms with Crippen molar-refractivity contribution in [1.82, 2.24) is 15.2 Å². The van der Waals surface area contributed by atoms with E-state index in [-0.39, 0.29) is 0 Å². The molecule has 134 valence electrons. The molecule has 1 saturated heterocycles. The molecular formula is C18H24N4O3. The Morgan fingerprint density at radius 1 is 1.16 bits per heavy atom. The van der Waals surface area contributed by atoms with Crippen molar-refractivity contribution < 1.29 is 14.2 Å². The minimum Gasteiger partial charge on any atom is -0.496 e. The van der Waals surface area contributed by atoms with Crippen molar-refractivity contribution in [2.24, 2.45) is 5.92 Å². The average molecular weight is 344 g/mol. The van der Waals surface area contributed by atoms with Crippen LogP contribution in [0.5, 0.6) is 11.5 Å². The van der Waals surface area contributed by atoms with E-state index in [4.69, 9.17) is 19.2 Å². The van der Waals surface area contributed by atoms with E-state index in [0.29, 0.717) is 29.1 Å². The quantitative estimate of drug-likeness (QED) is 0.797. The van der Waals surface area contributed by atoms with Gasteiger partial charge in [0.05, 0.1) is 32.6 Å². The molecule has 2 heterocycles. The van der Waals surface area contributed by atoms with Gasteiger partial charge < -0.3 is 19.1 Å². The summed E-state index contributed by atoms with van der Waals surface area (Å²) in [4.78, 5) is 6.90. The summed E-state index contributed by atoms with van der Waals surface area (Å²) in [7, 11) is 5.01. The van der Waals surface area contributed by atoms with Gasteiger partial charge in [0.15, 0.2) is 0 Å². The summed E-state index contributed by atoms with van der Waals surface area (Å²) in [6.07, 6.45) is 3.90. The van der Waals surface area contributed by atoms with Crippen molar-refractivity contribution in [3.8, 4) is 22.8 Å². The molecular weight excluding hydrogens is 320 g/mol. The number of hydrogen-bond donors (Lipinski definition) is 0. The number of methoxy groups -OCH3 is 3. The first-order valence-electron chi connectivity index (χ1n) is 8.41. The second kappa shape index (κ2) is 8.11. The van der Waals surface area contributed by atoms with Gasteiger partial charge in [-0.25, -0.2) is 4.98 Å². The number of benzene rings is 1. The Balaban J connectivity index is 1.92. The van der Waals surface area contributed by atoms with E-state index in [1.54, 1.807) is 27.5 Å². The van der Waals surface area contributed by atoms with E-state index in [1.165, 1.54) is 0 Å². The number of hydrogen-bond acceptors (Lipinski definition) is 7. The van der Waals surface area contributed by atoms with Crippen LogP contribution >= 0.6 is 0 Å². The lowest BCUT2D eigenvalue weighted by molar-refractivity contribution is 0.143. The van der Waals surface area contributed by atoms with Crippen LogP contribution in [0.1, 0.15) is 12.8 Å². The fourth-order valence-electron chi connectivity index (χ4n) is 3.27. The minimum absolute atomic E-state index is 0.492. The molecule has 0 radical (unpaired) electrons. The van der Waals surface area contributed by atoms with E-state index < -0.39 is 0 Å². The van der Waals surface area contributed by atoms with E-state index in [0.717, 1.165) is 38.1 Å². The SMILES string of the molecule is COC[C@H]1CCCN(c2nncc(-c3c(OC)cccc3OC)n2)C1. The summed E-state index contributed by atoms with van der Waals surface area (Å²) < 4.78 is 16.3. The van der Waals surface area contributed by atoms with Crippen LogP contribution < -0.4 is 14.4 Å². The normalized spacial score (nSPS) is 17.4. The molecule has 0 saturated carbocycles. The van der Waals surface area contributed by atoms with Crippen molar-refractivity contribution in [1.29, 1.82) is 0 Å². The van der Waals surface area contributed by atoms with Crippen molar-refractivity contribution in [3.63, 3.8) is 0 Å². The number of nitrogens with zero attached hydrogens (tertiary/aromatic N) is 4. The van der Waals surface area contributed by atoms with Gasteiger partial charge in [0.1, 0.15) is 17.2 Å². The number of piperidine rings is 1. The van der Waals surface area contributed by atoms with Crippen molar-refractivity contribution >= 4 is 5.95 Å². The predicted octanol–water partition coefficient (Wildman–Crippen LogP) is 2.42. The Kier molecular flexibility index (Phi) is 5.65. The standard InChI is InChI=1S/C18H24N4O3/c1-23-12-13-6-5-9-22(11-13)18-20-14(10-19-21-18)17-15(24-2)7-4-8-16(17)25-3/h4,7-8,10,13H,5-6,9,11-12H2,1-3H3/t13-/m0/s1. The van der Waals surface area contributed by atoms with Crippen LogP contribution in [0.3, 0.4) is 0 Å². The van der Waals surface area contributed by atoms with Gasteiger partial charge in [-0.15, -0.1) is 5.10 Å². The second-order valence-corrected chi connectivity index (χ2v) is 6.09. The molecule has 1 aliphatic rings. The van der Waals surface area contributed by atoms with Crippen LogP contribution in [0.25, 0.3) is 11.3 Å². The maximum Gasteiger partial charge on any atom is 0.245 e. The highest BCUT2D eigenvalue weighted by atomic mass is 16.5. The first-order chi connectivity index (χ1) is 12.3. The zero-order chi connectivity index (χ0) is 17.6. The lowest BCUT2D eigenvalue weighted by Gasteiger charge is -2.32. The molecule has 7 nitrogen and oxygen atoms in total. The molecule has 0 amide bonds. The molecule has 0 spiro atoms. The number of aromatic nitrogens is 3. The molecule has 25 heavy (non-hydrogen) atoms. The molecule has 7 heteroatoms. The molecule has 2 aromatic rings. The van der Waals surface area contributed by atoms with Crippen molar-refractivity contribution in [2.75, 3.05) is 45.9 Å². The summed E-state index contributed by atoms with van der Waals surface area (Å²) >= 11 is 0. The summed E-state index contributed by atoms with van der Waals surface area (Å²) in [5, 5.41) is 8.40. The Morgan fingerprint density at radius 3 is 2.60 bits per heavy atom. The van der Waals surface area contributed by atoms with Crippen molar-refractivity contribution in [3.05, 3.63) is 24.4 Å². The topological polar surface area (TPSA) is 69.6 Å². The van der Waals surface area contributed by atoms with Crippen LogP contribution in [-0.4, -0.2) is 56.2 Å². The number of ether oxygens (including phenoxy) is 3. The van der Waals surface area contributed by atoms with Crippen LogP contribution in [0, 0.1) is 5.92 Å². The Hall–Kier alpha value is -2.41. The third-order valence-electron chi connectivity index (χ3n) is 4.44. The third-order valence-corrected chi connectivity index (χ3v) is 4.44. The summed E-state index contributed by atoms with van der Waals surface area (Å²) in [5.74, 6) is 2.52. The lowest BCUT2D eigenvalue weighted by atomic mass is 9.99. The molecule has 0 aliphatic carbocycles. The maximum atomic E-state index is 5.48. The molecule has 0 N–H and O–H groups in total. The van der Waals surface area contributed by atoms with E-state index >= 15 is 0 Å². The Labute approximate surface area is 147 Å². The Bertz CT molecular complexity index is 686. The second-order valence-electron chi connectivity index (χ2n) is 6.09. The van der Waals surface area contributed by atoms with Crippen LogP contribution in [0.2, 0.25) is 0 Å². The largest absolute Gasteiger partial charge is 0.496 e. The minimum atomic E-state index is 0.492. The number of anilines is 1. The highest BCUT2D eigenvalue weighted by Gasteiger charge is 2.23. The monoisotopic (exact) mass is 344 g/mol. The van der Waals surface area contributed by atoms with E-state index in [9.17, 15) is 0 Å². The first-order valence-corrected chi connectivity index (χ1v) is 8.41. The third kappa shape index (κ3) is 3.82. The average Bonchev–Trinajstić information content (AvgIpc) is 2.68. The zero-order valence-corrected chi connectivity index (χ0v) is 14.9. The molecule has 1 aliphatic heterocycles. The van der Waals surface area contributed by atoms with Crippen LogP contribution in [-0.2, 0) is 4.74 Å². The van der Waals surface area contributed by atoms with Gasteiger partial charge in [-0.05, 0) is 30.9 Å². The summed E-state index contributed by atoms with van der Waals surface area (Å²) in [5.41, 5.74) is 1.47. The highest BCUT2D eigenvalue weighted by Crippen LogP contribution is 2.37. The van der Waals surface area contributed by atoms with E-state index in [2.05, 4.69) is 15.1 Å². The van der Waals surface area contributed by atoms with E-state index in [1.807, 2.05) is 18.2 Å². The van der Waals surface area contributed by atoms with Gasteiger partial charge in [0.2, 0.25) is 5.95 Å². The molecule has 0 unspecified atom stereocenters. The van der Waals surface area contributed by atoms with Crippen LogP contribution in [0.15, 0.2) is 24.4 Å². The maximum absolute atomic E-state index is 5.48. The number of rotatable bonds is 6. The molecule has 0 bridgehead atoms.